The average molecular weight is 859 g/mol. The van der Waals surface area contributed by atoms with Crippen LogP contribution >= 0.6 is 22.6 Å². The number of hydrogen-bond acceptors (Lipinski definition) is 5. The molecule has 55 heavy (non-hydrogen) atoms. The maximum atomic E-state index is 14.6. The van der Waals surface area contributed by atoms with Crippen LogP contribution in [0.1, 0.15) is 126 Å². The van der Waals surface area contributed by atoms with Gasteiger partial charge >= 0.3 is 0 Å². The van der Waals surface area contributed by atoms with Crippen molar-refractivity contribution < 1.29 is 24.0 Å². The molecule has 1 N–H and O–H groups in total. The average Bonchev–Trinajstić information content (AvgIpc) is 3.23. The van der Waals surface area contributed by atoms with E-state index in [0.29, 0.717) is 32.5 Å². The minimum absolute atomic E-state index is 0.0161. The van der Waals surface area contributed by atoms with Gasteiger partial charge in [-0.1, -0.05) is 83.3 Å². The number of carbonyl (C=O) groups excluding carboxylic acids is 5. The van der Waals surface area contributed by atoms with Gasteiger partial charge in [0.25, 0.3) is 17.7 Å². The third kappa shape index (κ3) is 10.8. The standard InChI is InChI=1S/C45H55IN4O5/c46-41-25-9-12-28-50(41)45(55)37-30-35(43(53)48-26-10-7-23-39(48)32-51)29-36(31-37)44(54)49-27-11-8-24-40(49)42(52)47-38(21-13-19-33-15-3-1-4-16-33)22-14-20-34-17-5-2-6-18-34/h1-6,15-18,29-32,38-41H,7-14,19-28H2,(H,47,52). The summed E-state index contributed by atoms with van der Waals surface area (Å²) in [5.41, 5.74) is 3.27. The van der Waals surface area contributed by atoms with Crippen molar-refractivity contribution >= 4 is 52.5 Å². The molecule has 3 atom stereocenters. The summed E-state index contributed by atoms with van der Waals surface area (Å²) in [4.78, 5) is 73.9. The number of likely N-dealkylation sites (tertiary alicyclic amines) is 3. The molecule has 0 saturated carbocycles. The first-order valence-electron chi connectivity index (χ1n) is 20.4. The zero-order chi connectivity index (χ0) is 38.6. The summed E-state index contributed by atoms with van der Waals surface area (Å²) in [5, 5.41) is 3.37. The summed E-state index contributed by atoms with van der Waals surface area (Å²) in [5.74, 6) is -1.07. The van der Waals surface area contributed by atoms with E-state index in [1.54, 1.807) is 28.0 Å². The lowest BCUT2D eigenvalue weighted by Gasteiger charge is -2.36. The Hall–Kier alpha value is -4.06. The predicted molar refractivity (Wildman–Crippen MR) is 223 cm³/mol. The van der Waals surface area contributed by atoms with Crippen molar-refractivity contribution in [1.82, 2.24) is 20.0 Å². The highest BCUT2D eigenvalue weighted by Gasteiger charge is 2.36. The smallest absolute Gasteiger partial charge is 0.254 e. The quantitative estimate of drug-likeness (QED) is 0.0772. The highest BCUT2D eigenvalue weighted by molar-refractivity contribution is 14.1. The van der Waals surface area contributed by atoms with E-state index in [1.165, 1.54) is 11.1 Å². The van der Waals surface area contributed by atoms with Crippen LogP contribution in [0.15, 0.2) is 78.9 Å². The number of aldehydes is 1. The van der Waals surface area contributed by atoms with Crippen LogP contribution in [0.2, 0.25) is 0 Å². The van der Waals surface area contributed by atoms with Gasteiger partial charge in [-0.05, 0) is 126 Å². The second-order valence-corrected chi connectivity index (χ2v) is 16.8. The maximum Gasteiger partial charge on any atom is 0.254 e. The fourth-order valence-electron chi connectivity index (χ4n) is 8.39. The number of halogens is 1. The molecule has 3 heterocycles. The van der Waals surface area contributed by atoms with E-state index >= 15 is 0 Å². The number of nitrogens with one attached hydrogen (secondary N) is 1. The summed E-state index contributed by atoms with van der Waals surface area (Å²) in [7, 11) is 0. The summed E-state index contributed by atoms with van der Waals surface area (Å²) >= 11 is 2.30. The van der Waals surface area contributed by atoms with E-state index < -0.39 is 12.1 Å². The summed E-state index contributed by atoms with van der Waals surface area (Å²) < 4.78 is 0.0161. The van der Waals surface area contributed by atoms with E-state index in [4.69, 9.17) is 0 Å². The molecule has 0 radical (unpaired) electrons. The third-order valence-corrected chi connectivity index (χ3v) is 12.8. The molecule has 3 aromatic rings. The third-order valence-electron chi connectivity index (χ3n) is 11.5. The molecule has 0 bridgehead atoms. The minimum Gasteiger partial charge on any atom is -0.352 e. The van der Waals surface area contributed by atoms with Crippen molar-refractivity contribution in [3.63, 3.8) is 0 Å². The number of amides is 4. The highest BCUT2D eigenvalue weighted by atomic mass is 127. The van der Waals surface area contributed by atoms with Crippen LogP contribution in [0.25, 0.3) is 0 Å². The molecule has 10 heteroatoms. The highest BCUT2D eigenvalue weighted by Crippen LogP contribution is 2.28. The van der Waals surface area contributed by atoms with Gasteiger partial charge in [0.2, 0.25) is 5.91 Å². The second-order valence-electron chi connectivity index (χ2n) is 15.4. The van der Waals surface area contributed by atoms with E-state index in [9.17, 15) is 24.0 Å². The topological polar surface area (TPSA) is 107 Å². The first-order valence-corrected chi connectivity index (χ1v) is 21.6. The number of rotatable bonds is 14. The second kappa shape index (κ2) is 20.2. The van der Waals surface area contributed by atoms with Gasteiger partial charge < -0.3 is 24.8 Å². The van der Waals surface area contributed by atoms with Gasteiger partial charge in [0, 0.05) is 42.4 Å². The first-order chi connectivity index (χ1) is 26.8. The van der Waals surface area contributed by atoms with Gasteiger partial charge in [0.1, 0.15) is 12.3 Å². The van der Waals surface area contributed by atoms with Crippen molar-refractivity contribution in [3.8, 4) is 0 Å². The van der Waals surface area contributed by atoms with Gasteiger partial charge in [-0.25, -0.2) is 0 Å². The number of hydrogen-bond donors (Lipinski definition) is 1. The van der Waals surface area contributed by atoms with Crippen LogP contribution in [0, 0.1) is 0 Å². The lowest BCUT2D eigenvalue weighted by atomic mass is 9.95. The molecule has 0 aromatic heterocycles. The SMILES string of the molecule is O=CC1CCCCN1C(=O)c1cc(C(=O)N2CCCCC2I)cc(C(=O)N2CCCCC2C(=O)NC(CCCc2ccccc2)CCCc2ccccc2)c1. The van der Waals surface area contributed by atoms with Gasteiger partial charge in [-0.3, -0.25) is 19.2 Å². The van der Waals surface area contributed by atoms with Gasteiger partial charge in [-0.2, -0.15) is 0 Å². The molecule has 3 fully saturated rings. The zero-order valence-corrected chi connectivity index (χ0v) is 34.0. The Labute approximate surface area is 339 Å². The molecule has 3 unspecified atom stereocenters. The molecule has 3 aliphatic rings. The molecule has 0 spiro atoms. The molecule has 3 aliphatic heterocycles. The zero-order valence-electron chi connectivity index (χ0n) is 31.9. The Balaban J connectivity index is 1.22. The van der Waals surface area contributed by atoms with Gasteiger partial charge in [0.05, 0.1) is 10.1 Å². The van der Waals surface area contributed by atoms with Crippen LogP contribution in [-0.2, 0) is 22.4 Å². The fraction of sp³-hybridized carbons (Fsp3) is 0.489. The maximum absolute atomic E-state index is 14.6. The number of aryl methyl sites for hydroxylation is 2. The number of nitrogens with zero attached hydrogens (tertiary/aromatic N) is 3. The molecule has 0 aliphatic carbocycles. The van der Waals surface area contributed by atoms with Gasteiger partial charge in [-0.15, -0.1) is 0 Å². The molecule has 9 nitrogen and oxygen atoms in total. The molecular formula is C45H55IN4O5. The summed E-state index contributed by atoms with van der Waals surface area (Å²) in [6, 6.07) is 24.3. The first kappa shape index (κ1) is 40.6. The summed E-state index contributed by atoms with van der Waals surface area (Å²) in [6.07, 6.45) is 13.4. The predicted octanol–water partition coefficient (Wildman–Crippen LogP) is 7.79. The number of alkyl halides is 1. The van der Waals surface area contributed by atoms with E-state index in [0.717, 1.165) is 89.8 Å². The minimum atomic E-state index is -0.659. The van der Waals surface area contributed by atoms with Crippen LogP contribution < -0.4 is 5.32 Å². The molecule has 3 aromatic carbocycles. The molecule has 6 rings (SSSR count). The lowest BCUT2D eigenvalue weighted by molar-refractivity contribution is -0.127. The van der Waals surface area contributed by atoms with E-state index in [2.05, 4.69) is 76.4 Å². The molecule has 3 saturated heterocycles. The number of carbonyl (C=O) groups is 5. The van der Waals surface area contributed by atoms with Crippen LogP contribution in [0.5, 0.6) is 0 Å². The molecule has 4 amide bonds. The molecule has 292 valence electrons. The summed E-state index contributed by atoms with van der Waals surface area (Å²) in [6.45, 7) is 1.46. The Bertz CT molecular complexity index is 1730. The van der Waals surface area contributed by atoms with Crippen LogP contribution in [0.3, 0.4) is 0 Å². The Kier molecular flexibility index (Phi) is 14.9. The van der Waals surface area contributed by atoms with Gasteiger partial charge in [0.15, 0.2) is 0 Å². The van der Waals surface area contributed by atoms with Crippen molar-refractivity contribution in [3.05, 3.63) is 107 Å². The number of benzene rings is 3. The van der Waals surface area contributed by atoms with Crippen molar-refractivity contribution in [1.29, 1.82) is 0 Å². The van der Waals surface area contributed by atoms with Crippen LogP contribution in [-0.4, -0.2) is 86.4 Å². The lowest BCUT2D eigenvalue weighted by Crippen LogP contribution is -2.53. The van der Waals surface area contributed by atoms with E-state index in [1.807, 2.05) is 17.0 Å². The van der Waals surface area contributed by atoms with Crippen molar-refractivity contribution in [2.75, 3.05) is 19.6 Å². The normalized spacial score (nSPS) is 20.3. The largest absolute Gasteiger partial charge is 0.352 e. The monoisotopic (exact) mass is 858 g/mol. The number of piperidine rings is 3. The van der Waals surface area contributed by atoms with Crippen molar-refractivity contribution in [2.24, 2.45) is 0 Å². The van der Waals surface area contributed by atoms with Crippen LogP contribution in [0.4, 0.5) is 0 Å². The Morgan fingerprint density at radius 1 is 0.636 bits per heavy atom. The van der Waals surface area contributed by atoms with Crippen molar-refractivity contribution in [2.45, 2.75) is 118 Å². The van der Waals surface area contributed by atoms with E-state index in [-0.39, 0.29) is 50.4 Å². The fourth-order valence-corrected chi connectivity index (χ4v) is 9.37. The Morgan fingerprint density at radius 2 is 1.11 bits per heavy atom. The molecular weight excluding hydrogens is 803 g/mol. The Morgan fingerprint density at radius 3 is 1.65 bits per heavy atom.